The summed E-state index contributed by atoms with van der Waals surface area (Å²) < 4.78 is 33.2. The summed E-state index contributed by atoms with van der Waals surface area (Å²) in [6, 6.07) is 0. The van der Waals surface area contributed by atoms with Gasteiger partial charge in [-0.05, 0) is 12.8 Å². The highest BCUT2D eigenvalue weighted by molar-refractivity contribution is 7.47. The molecule has 0 bridgehead atoms. The third kappa shape index (κ3) is 38.7. The van der Waals surface area contributed by atoms with Crippen LogP contribution in [0.4, 0.5) is 0 Å². The molecule has 300 valence electrons. The average molecular weight is 734 g/mol. The zero-order chi connectivity index (χ0) is 36.6. The van der Waals surface area contributed by atoms with E-state index in [1.165, 1.54) is 167 Å². The van der Waals surface area contributed by atoms with Gasteiger partial charge < -0.3 is 20.1 Å². The van der Waals surface area contributed by atoms with Crippen LogP contribution in [0, 0.1) is 0 Å². The van der Waals surface area contributed by atoms with Crippen molar-refractivity contribution < 1.29 is 32.8 Å². The van der Waals surface area contributed by atoms with E-state index in [1.54, 1.807) is 0 Å². The third-order valence-corrected chi connectivity index (χ3v) is 10.5. The van der Waals surface area contributed by atoms with Crippen LogP contribution in [0.15, 0.2) is 0 Å². The number of carbonyl (C=O) groups is 1. The molecule has 0 aromatic carbocycles. The van der Waals surface area contributed by atoms with Crippen molar-refractivity contribution >= 4 is 13.8 Å². The maximum absolute atomic E-state index is 12.4. The van der Waals surface area contributed by atoms with Gasteiger partial charge in [0.25, 0.3) is 0 Å². The van der Waals surface area contributed by atoms with Crippen molar-refractivity contribution in [2.24, 2.45) is 5.73 Å². The summed E-state index contributed by atoms with van der Waals surface area (Å²) in [4.78, 5) is 22.3. The fraction of sp³-hybridized carbons (Fsp3) is 0.976. The van der Waals surface area contributed by atoms with E-state index >= 15 is 0 Å². The quantitative estimate of drug-likeness (QED) is 0.0362. The molecule has 0 aromatic rings. The molecule has 0 aliphatic heterocycles. The van der Waals surface area contributed by atoms with Crippen LogP contribution in [-0.4, -0.2) is 49.9 Å². The molecule has 0 saturated carbocycles. The van der Waals surface area contributed by atoms with E-state index in [4.69, 9.17) is 24.3 Å². The first-order valence-electron chi connectivity index (χ1n) is 21.5. The van der Waals surface area contributed by atoms with Gasteiger partial charge >= 0.3 is 13.8 Å². The number of hydrogen-bond donors (Lipinski definition) is 2. The molecule has 0 saturated heterocycles. The van der Waals surface area contributed by atoms with E-state index in [0.29, 0.717) is 13.0 Å². The molecule has 8 nitrogen and oxygen atoms in total. The van der Waals surface area contributed by atoms with Gasteiger partial charge in [0.15, 0.2) is 0 Å². The molecule has 50 heavy (non-hydrogen) atoms. The van der Waals surface area contributed by atoms with Crippen molar-refractivity contribution in [3.05, 3.63) is 0 Å². The number of rotatable bonds is 42. The van der Waals surface area contributed by atoms with Gasteiger partial charge in [-0.2, -0.15) is 0 Å². The predicted molar refractivity (Wildman–Crippen MR) is 211 cm³/mol. The fourth-order valence-electron chi connectivity index (χ4n) is 6.35. The summed E-state index contributed by atoms with van der Waals surface area (Å²) >= 11 is 0. The molecule has 0 rings (SSSR count). The molecular formula is C41H84NO7P. The van der Waals surface area contributed by atoms with E-state index < -0.39 is 13.9 Å². The Labute approximate surface area is 310 Å². The lowest BCUT2D eigenvalue weighted by Gasteiger charge is -2.20. The molecular weight excluding hydrogens is 649 g/mol. The number of ether oxygens (including phenoxy) is 2. The number of unbranched alkanes of at least 4 members (excludes halogenated alkanes) is 29. The van der Waals surface area contributed by atoms with Crippen LogP contribution in [0.5, 0.6) is 0 Å². The highest BCUT2D eigenvalue weighted by Gasteiger charge is 2.25. The Bertz CT molecular complexity index is 742. The summed E-state index contributed by atoms with van der Waals surface area (Å²) in [5.74, 6) is -0.332. The number of carbonyl (C=O) groups excluding carboxylic acids is 1. The highest BCUT2D eigenvalue weighted by Crippen LogP contribution is 2.43. The van der Waals surface area contributed by atoms with Crippen LogP contribution in [0.25, 0.3) is 0 Å². The number of esters is 1. The first kappa shape index (κ1) is 49.5. The van der Waals surface area contributed by atoms with Crippen molar-refractivity contribution in [3.63, 3.8) is 0 Å². The molecule has 2 unspecified atom stereocenters. The summed E-state index contributed by atoms with van der Waals surface area (Å²) in [6.45, 7) is 4.92. The van der Waals surface area contributed by atoms with Crippen LogP contribution in [0.3, 0.4) is 0 Å². The zero-order valence-electron chi connectivity index (χ0n) is 33.2. The van der Waals surface area contributed by atoms with Crippen molar-refractivity contribution in [2.45, 2.75) is 225 Å². The van der Waals surface area contributed by atoms with Crippen molar-refractivity contribution in [1.82, 2.24) is 0 Å². The number of hydrogen-bond acceptors (Lipinski definition) is 7. The van der Waals surface area contributed by atoms with Gasteiger partial charge in [0, 0.05) is 19.6 Å². The smallest absolute Gasteiger partial charge is 0.457 e. The molecule has 9 heteroatoms. The second kappa shape index (κ2) is 39.7. The molecule has 0 aliphatic carbocycles. The number of phosphoric ester groups is 1. The zero-order valence-corrected chi connectivity index (χ0v) is 34.1. The minimum atomic E-state index is -4.26. The summed E-state index contributed by atoms with van der Waals surface area (Å²) in [5.41, 5.74) is 5.35. The van der Waals surface area contributed by atoms with E-state index in [9.17, 15) is 14.3 Å². The summed E-state index contributed by atoms with van der Waals surface area (Å²) in [5, 5.41) is 0. The number of nitrogens with two attached hydrogens (primary N) is 1. The second-order valence-corrected chi connectivity index (χ2v) is 16.0. The van der Waals surface area contributed by atoms with Gasteiger partial charge in [-0.15, -0.1) is 0 Å². The SMILES string of the molecule is CCCCCCCCCCCCCCCCCCCCCCCCCCOCC(COP(=O)(O)OCCN)OC(=O)CCCCCCCCC. The maximum Gasteiger partial charge on any atom is 0.472 e. The van der Waals surface area contributed by atoms with Crippen LogP contribution in [-0.2, 0) is 27.9 Å². The van der Waals surface area contributed by atoms with E-state index in [2.05, 4.69) is 13.8 Å². The second-order valence-electron chi connectivity index (χ2n) is 14.6. The third-order valence-electron chi connectivity index (χ3n) is 9.52. The van der Waals surface area contributed by atoms with Gasteiger partial charge in [-0.1, -0.05) is 200 Å². The lowest BCUT2D eigenvalue weighted by Crippen LogP contribution is -2.28. The van der Waals surface area contributed by atoms with Gasteiger partial charge in [0.1, 0.15) is 6.10 Å². The lowest BCUT2D eigenvalue weighted by atomic mass is 10.0. The Kier molecular flexibility index (Phi) is 39.3. The van der Waals surface area contributed by atoms with Gasteiger partial charge in [0.2, 0.25) is 0 Å². The van der Waals surface area contributed by atoms with E-state index in [-0.39, 0.29) is 32.3 Å². The topological polar surface area (TPSA) is 117 Å². The fourth-order valence-corrected chi connectivity index (χ4v) is 7.12. The Morgan fingerprint density at radius 2 is 0.880 bits per heavy atom. The average Bonchev–Trinajstić information content (AvgIpc) is 3.10. The minimum absolute atomic E-state index is 0.0907. The molecule has 0 radical (unpaired) electrons. The van der Waals surface area contributed by atoms with Crippen molar-refractivity contribution in [1.29, 1.82) is 0 Å². The van der Waals surface area contributed by atoms with Crippen molar-refractivity contribution in [2.75, 3.05) is 33.0 Å². The molecule has 2 atom stereocenters. The van der Waals surface area contributed by atoms with E-state index in [0.717, 1.165) is 32.1 Å². The first-order chi connectivity index (χ1) is 24.4. The van der Waals surface area contributed by atoms with Gasteiger partial charge in [-0.3, -0.25) is 13.8 Å². The summed E-state index contributed by atoms with van der Waals surface area (Å²) in [7, 11) is -4.26. The van der Waals surface area contributed by atoms with Gasteiger partial charge in [0.05, 0.1) is 19.8 Å². The molecule has 0 fully saturated rings. The molecule has 3 N–H and O–H groups in total. The Morgan fingerprint density at radius 3 is 1.26 bits per heavy atom. The highest BCUT2D eigenvalue weighted by atomic mass is 31.2. The monoisotopic (exact) mass is 734 g/mol. The lowest BCUT2D eigenvalue weighted by molar-refractivity contribution is -0.154. The molecule has 0 spiro atoms. The largest absolute Gasteiger partial charge is 0.472 e. The van der Waals surface area contributed by atoms with Crippen LogP contribution >= 0.6 is 7.82 Å². The Balaban J connectivity index is 3.75. The Morgan fingerprint density at radius 1 is 0.520 bits per heavy atom. The minimum Gasteiger partial charge on any atom is -0.457 e. The Hall–Kier alpha value is -0.500. The van der Waals surface area contributed by atoms with Crippen LogP contribution in [0.1, 0.15) is 219 Å². The van der Waals surface area contributed by atoms with Gasteiger partial charge in [-0.25, -0.2) is 4.57 Å². The standard InChI is InChI=1S/C41H84NO7P/c1-3-5-7-9-11-12-13-14-15-16-17-18-19-20-21-22-23-24-25-26-27-29-31-33-36-46-38-40(39-48-50(44,45)47-37-35-42)49-41(43)34-32-30-28-10-8-6-4-2/h40H,3-39,42H2,1-2H3,(H,44,45). The normalized spacial score (nSPS) is 13.4. The van der Waals surface area contributed by atoms with Crippen LogP contribution < -0.4 is 5.73 Å². The predicted octanol–water partition coefficient (Wildman–Crippen LogP) is 12.5. The summed E-state index contributed by atoms with van der Waals surface area (Å²) in [6.07, 6.45) is 40.1. The molecule has 0 aromatic heterocycles. The number of phosphoric acid groups is 1. The molecule has 0 heterocycles. The van der Waals surface area contributed by atoms with Crippen LogP contribution in [0.2, 0.25) is 0 Å². The van der Waals surface area contributed by atoms with Crippen molar-refractivity contribution in [3.8, 4) is 0 Å². The first-order valence-corrected chi connectivity index (χ1v) is 23.0. The molecule has 0 amide bonds. The van der Waals surface area contributed by atoms with E-state index in [1.807, 2.05) is 0 Å². The maximum atomic E-state index is 12.4. The molecule has 0 aliphatic rings.